The molecule has 2 atom stereocenters. The van der Waals surface area contributed by atoms with Crippen LogP contribution in [0.25, 0.3) is 0 Å². The summed E-state index contributed by atoms with van der Waals surface area (Å²) in [4.78, 5) is 0. The molecule has 2 unspecified atom stereocenters. The van der Waals surface area contributed by atoms with Gasteiger partial charge in [-0.3, -0.25) is 0 Å². The molecule has 0 amide bonds. The van der Waals surface area contributed by atoms with E-state index in [9.17, 15) is 5.11 Å². The van der Waals surface area contributed by atoms with Gasteiger partial charge in [-0.2, -0.15) is 0 Å². The third kappa shape index (κ3) is 3.15. The Balaban J connectivity index is 3.12. The summed E-state index contributed by atoms with van der Waals surface area (Å²) in [6.45, 7) is 2.05. The SMILES string of the molecule is CCCC(OC)C(O)c1c(OC)cccc1OC. The molecular weight excluding hydrogens is 232 g/mol. The molecule has 0 saturated carbocycles. The second-order valence-electron chi connectivity index (χ2n) is 4.08. The summed E-state index contributed by atoms with van der Waals surface area (Å²) in [6.07, 6.45) is 0.688. The predicted octanol–water partition coefficient (Wildman–Crippen LogP) is 2.55. The van der Waals surface area contributed by atoms with E-state index < -0.39 is 6.10 Å². The Hall–Kier alpha value is -1.26. The number of aliphatic hydroxyl groups is 1. The lowest BCUT2D eigenvalue weighted by atomic mass is 9.99. The fraction of sp³-hybridized carbons (Fsp3) is 0.571. The van der Waals surface area contributed by atoms with Gasteiger partial charge in [0.15, 0.2) is 0 Å². The van der Waals surface area contributed by atoms with Gasteiger partial charge in [0.25, 0.3) is 0 Å². The number of hydrogen-bond donors (Lipinski definition) is 1. The Morgan fingerprint density at radius 3 is 2.06 bits per heavy atom. The minimum Gasteiger partial charge on any atom is -0.496 e. The molecule has 0 aliphatic carbocycles. The molecule has 0 aliphatic rings. The number of aliphatic hydroxyl groups excluding tert-OH is 1. The maximum Gasteiger partial charge on any atom is 0.128 e. The molecule has 18 heavy (non-hydrogen) atoms. The van der Waals surface area contributed by atoms with E-state index in [-0.39, 0.29) is 6.10 Å². The molecule has 1 aromatic rings. The van der Waals surface area contributed by atoms with Gasteiger partial charge in [-0.05, 0) is 18.6 Å². The third-order valence-electron chi connectivity index (χ3n) is 2.99. The fourth-order valence-corrected chi connectivity index (χ4v) is 2.05. The fourth-order valence-electron chi connectivity index (χ4n) is 2.05. The highest BCUT2D eigenvalue weighted by atomic mass is 16.5. The van der Waals surface area contributed by atoms with Crippen molar-refractivity contribution < 1.29 is 19.3 Å². The Morgan fingerprint density at radius 2 is 1.67 bits per heavy atom. The van der Waals surface area contributed by atoms with Crippen LogP contribution in [0.2, 0.25) is 0 Å². The molecule has 0 fully saturated rings. The molecule has 1 N–H and O–H groups in total. The molecule has 0 aromatic heterocycles. The molecule has 102 valence electrons. The molecular formula is C14H22O4. The largest absolute Gasteiger partial charge is 0.496 e. The summed E-state index contributed by atoms with van der Waals surface area (Å²) >= 11 is 0. The van der Waals surface area contributed by atoms with Gasteiger partial charge in [0.1, 0.15) is 17.6 Å². The molecule has 1 aromatic carbocycles. The van der Waals surface area contributed by atoms with Crippen LogP contribution in [0.4, 0.5) is 0 Å². The lowest BCUT2D eigenvalue weighted by Crippen LogP contribution is -2.21. The normalized spacial score (nSPS) is 14.1. The predicted molar refractivity (Wildman–Crippen MR) is 70.2 cm³/mol. The van der Waals surface area contributed by atoms with E-state index in [1.165, 1.54) is 0 Å². The van der Waals surface area contributed by atoms with Crippen LogP contribution >= 0.6 is 0 Å². The zero-order valence-electron chi connectivity index (χ0n) is 11.5. The number of ether oxygens (including phenoxy) is 3. The van der Waals surface area contributed by atoms with E-state index >= 15 is 0 Å². The highest BCUT2D eigenvalue weighted by molar-refractivity contribution is 5.46. The van der Waals surface area contributed by atoms with Gasteiger partial charge in [-0.25, -0.2) is 0 Å². The van der Waals surface area contributed by atoms with Gasteiger partial charge in [0.2, 0.25) is 0 Å². The Labute approximate surface area is 108 Å². The number of benzene rings is 1. The van der Waals surface area contributed by atoms with E-state index in [0.29, 0.717) is 17.1 Å². The van der Waals surface area contributed by atoms with Crippen molar-refractivity contribution in [3.8, 4) is 11.5 Å². The minimum atomic E-state index is -0.763. The summed E-state index contributed by atoms with van der Waals surface area (Å²) in [6, 6.07) is 5.44. The first-order chi connectivity index (χ1) is 8.69. The van der Waals surface area contributed by atoms with Crippen LogP contribution in [0.1, 0.15) is 31.4 Å². The highest BCUT2D eigenvalue weighted by Crippen LogP contribution is 2.37. The highest BCUT2D eigenvalue weighted by Gasteiger charge is 2.26. The Bertz CT molecular complexity index is 343. The maximum atomic E-state index is 10.5. The topological polar surface area (TPSA) is 47.9 Å². The minimum absolute atomic E-state index is 0.264. The van der Waals surface area contributed by atoms with E-state index in [2.05, 4.69) is 6.92 Å². The lowest BCUT2D eigenvalue weighted by molar-refractivity contribution is -0.0199. The van der Waals surface area contributed by atoms with Crippen molar-refractivity contribution >= 4 is 0 Å². The molecule has 4 nitrogen and oxygen atoms in total. The molecule has 0 radical (unpaired) electrons. The van der Waals surface area contributed by atoms with Gasteiger partial charge in [-0.1, -0.05) is 19.4 Å². The second-order valence-corrected chi connectivity index (χ2v) is 4.08. The van der Waals surface area contributed by atoms with Gasteiger partial charge < -0.3 is 19.3 Å². The second kappa shape index (κ2) is 7.24. The quantitative estimate of drug-likeness (QED) is 0.812. The summed E-state index contributed by atoms with van der Waals surface area (Å²) in [5.41, 5.74) is 0.641. The molecule has 0 spiro atoms. The molecule has 0 heterocycles. The van der Waals surface area contributed by atoms with Gasteiger partial charge in [-0.15, -0.1) is 0 Å². The third-order valence-corrected chi connectivity index (χ3v) is 2.99. The van der Waals surface area contributed by atoms with E-state index in [1.807, 2.05) is 6.07 Å². The Morgan fingerprint density at radius 1 is 1.11 bits per heavy atom. The van der Waals surface area contributed by atoms with Crippen LogP contribution in [-0.4, -0.2) is 32.5 Å². The standard InChI is InChI=1S/C14H22O4/c1-5-7-12(18-4)14(15)13-10(16-2)8-6-9-11(13)17-3/h6,8-9,12,14-15H,5,7H2,1-4H3. The van der Waals surface area contributed by atoms with Gasteiger partial charge >= 0.3 is 0 Å². The first kappa shape index (κ1) is 14.8. The van der Waals surface area contributed by atoms with Gasteiger partial charge in [0.05, 0.1) is 25.9 Å². The zero-order chi connectivity index (χ0) is 13.5. The van der Waals surface area contributed by atoms with Crippen molar-refractivity contribution in [1.82, 2.24) is 0 Å². The number of rotatable bonds is 7. The van der Waals surface area contributed by atoms with Crippen LogP contribution in [0.5, 0.6) is 11.5 Å². The van der Waals surface area contributed by atoms with Crippen LogP contribution in [-0.2, 0) is 4.74 Å². The maximum absolute atomic E-state index is 10.5. The summed E-state index contributed by atoms with van der Waals surface area (Å²) in [5, 5.41) is 10.5. The van der Waals surface area contributed by atoms with Crippen molar-refractivity contribution in [3.63, 3.8) is 0 Å². The zero-order valence-corrected chi connectivity index (χ0v) is 11.5. The van der Waals surface area contributed by atoms with Crippen molar-refractivity contribution in [3.05, 3.63) is 23.8 Å². The first-order valence-electron chi connectivity index (χ1n) is 6.11. The number of hydrogen-bond acceptors (Lipinski definition) is 4. The smallest absolute Gasteiger partial charge is 0.128 e. The van der Waals surface area contributed by atoms with Crippen molar-refractivity contribution in [2.45, 2.75) is 32.0 Å². The van der Waals surface area contributed by atoms with Crippen molar-refractivity contribution in [2.24, 2.45) is 0 Å². The molecule has 4 heteroatoms. The van der Waals surface area contributed by atoms with Crippen LogP contribution in [0.15, 0.2) is 18.2 Å². The average molecular weight is 254 g/mol. The summed E-state index contributed by atoms with van der Waals surface area (Å²) in [5.74, 6) is 1.22. The first-order valence-corrected chi connectivity index (χ1v) is 6.11. The summed E-state index contributed by atoms with van der Waals surface area (Å²) < 4.78 is 15.9. The molecule has 0 bridgehead atoms. The molecule has 0 aliphatic heterocycles. The van der Waals surface area contributed by atoms with E-state index in [4.69, 9.17) is 14.2 Å². The number of methoxy groups -OCH3 is 3. The molecule has 0 saturated heterocycles. The average Bonchev–Trinajstić information content (AvgIpc) is 2.42. The van der Waals surface area contributed by atoms with E-state index in [0.717, 1.165) is 12.8 Å². The van der Waals surface area contributed by atoms with Crippen molar-refractivity contribution in [2.75, 3.05) is 21.3 Å². The lowest BCUT2D eigenvalue weighted by Gasteiger charge is -2.24. The molecule has 1 rings (SSSR count). The Kier molecular flexibility index (Phi) is 5.95. The van der Waals surface area contributed by atoms with Crippen LogP contribution in [0.3, 0.4) is 0 Å². The van der Waals surface area contributed by atoms with Gasteiger partial charge in [0, 0.05) is 7.11 Å². The van der Waals surface area contributed by atoms with Crippen molar-refractivity contribution in [1.29, 1.82) is 0 Å². The summed E-state index contributed by atoms with van der Waals surface area (Å²) in [7, 11) is 4.75. The van der Waals surface area contributed by atoms with Crippen LogP contribution in [0, 0.1) is 0 Å². The van der Waals surface area contributed by atoms with Crippen LogP contribution < -0.4 is 9.47 Å². The monoisotopic (exact) mass is 254 g/mol. The van der Waals surface area contributed by atoms with E-state index in [1.54, 1.807) is 33.5 Å².